The molecule has 3 rings (SSSR count). The molecule has 0 fully saturated rings. The zero-order valence-electron chi connectivity index (χ0n) is 12.4. The van der Waals surface area contributed by atoms with Gasteiger partial charge in [-0.25, -0.2) is 9.97 Å². The van der Waals surface area contributed by atoms with E-state index in [1.807, 2.05) is 30.3 Å². The molecule has 0 saturated heterocycles. The number of aromatic nitrogens is 4. The number of hydrogen-bond acceptors (Lipinski definition) is 5. The van der Waals surface area contributed by atoms with Gasteiger partial charge in [-0.3, -0.25) is 9.89 Å². The standard InChI is InChI=1S/C16H16N6O/c23-16(19-9-8-18-14-6-1-2-7-17-14)13-5-3-4-12(10-13)15-20-11-21-22-15/h1-7,10-11H,8-9H2,(H,17,18)(H,19,23)(H,20,21,22). The van der Waals surface area contributed by atoms with Gasteiger partial charge in [-0.15, -0.1) is 0 Å². The van der Waals surface area contributed by atoms with Gasteiger partial charge in [0, 0.05) is 30.4 Å². The molecule has 0 aliphatic heterocycles. The molecular formula is C16H16N6O. The normalized spacial score (nSPS) is 10.3. The maximum atomic E-state index is 12.2. The Bertz CT molecular complexity index is 757. The highest BCUT2D eigenvalue weighted by Gasteiger charge is 2.07. The first kappa shape index (κ1) is 14.7. The molecule has 3 aromatic rings. The van der Waals surface area contributed by atoms with Crippen LogP contribution >= 0.6 is 0 Å². The highest BCUT2D eigenvalue weighted by atomic mass is 16.1. The van der Waals surface area contributed by atoms with Crippen LogP contribution in [0.1, 0.15) is 10.4 Å². The van der Waals surface area contributed by atoms with Crippen molar-refractivity contribution in [2.24, 2.45) is 0 Å². The Balaban J connectivity index is 1.53. The van der Waals surface area contributed by atoms with Gasteiger partial charge in [0.25, 0.3) is 5.91 Å². The van der Waals surface area contributed by atoms with E-state index in [9.17, 15) is 4.79 Å². The lowest BCUT2D eigenvalue weighted by Gasteiger charge is -2.08. The van der Waals surface area contributed by atoms with Gasteiger partial charge >= 0.3 is 0 Å². The van der Waals surface area contributed by atoms with E-state index >= 15 is 0 Å². The summed E-state index contributed by atoms with van der Waals surface area (Å²) in [6, 6.07) is 12.9. The highest BCUT2D eigenvalue weighted by Crippen LogP contribution is 2.15. The maximum Gasteiger partial charge on any atom is 0.251 e. The number of amides is 1. The van der Waals surface area contributed by atoms with E-state index in [0.717, 1.165) is 11.4 Å². The quantitative estimate of drug-likeness (QED) is 0.602. The van der Waals surface area contributed by atoms with Crippen LogP contribution in [0, 0.1) is 0 Å². The zero-order chi connectivity index (χ0) is 15.9. The first-order chi connectivity index (χ1) is 11.3. The molecular weight excluding hydrogens is 292 g/mol. The Labute approximate surface area is 133 Å². The predicted molar refractivity (Wildman–Crippen MR) is 86.9 cm³/mol. The predicted octanol–water partition coefficient (Wildman–Crippen LogP) is 1.71. The van der Waals surface area contributed by atoms with E-state index in [4.69, 9.17) is 0 Å². The fourth-order valence-electron chi connectivity index (χ4n) is 2.09. The Morgan fingerprint density at radius 3 is 2.83 bits per heavy atom. The van der Waals surface area contributed by atoms with Crippen LogP contribution in [0.15, 0.2) is 55.0 Å². The fourth-order valence-corrected chi connectivity index (χ4v) is 2.09. The third-order valence-corrected chi connectivity index (χ3v) is 3.19. The lowest BCUT2D eigenvalue weighted by Crippen LogP contribution is -2.28. The lowest BCUT2D eigenvalue weighted by molar-refractivity contribution is 0.0955. The lowest BCUT2D eigenvalue weighted by atomic mass is 10.1. The van der Waals surface area contributed by atoms with Crippen LogP contribution in [0.25, 0.3) is 11.4 Å². The van der Waals surface area contributed by atoms with Crippen molar-refractivity contribution < 1.29 is 4.79 Å². The summed E-state index contributed by atoms with van der Waals surface area (Å²) in [6.45, 7) is 1.10. The number of H-pyrrole nitrogens is 1. The average molecular weight is 308 g/mol. The van der Waals surface area contributed by atoms with Crippen LogP contribution in [0.5, 0.6) is 0 Å². The van der Waals surface area contributed by atoms with Gasteiger partial charge in [0.1, 0.15) is 12.1 Å². The average Bonchev–Trinajstić information content (AvgIpc) is 3.14. The number of nitrogens with zero attached hydrogens (tertiary/aromatic N) is 3. The van der Waals surface area contributed by atoms with Crippen molar-refractivity contribution in [2.45, 2.75) is 0 Å². The summed E-state index contributed by atoms with van der Waals surface area (Å²) in [5.41, 5.74) is 1.40. The number of aromatic amines is 1. The monoisotopic (exact) mass is 308 g/mol. The van der Waals surface area contributed by atoms with E-state index in [1.54, 1.807) is 18.3 Å². The Morgan fingerprint density at radius 1 is 1.09 bits per heavy atom. The summed E-state index contributed by atoms with van der Waals surface area (Å²) in [5.74, 6) is 1.29. The Kier molecular flexibility index (Phi) is 4.58. The number of anilines is 1. The Morgan fingerprint density at radius 2 is 2.04 bits per heavy atom. The van der Waals surface area contributed by atoms with Gasteiger partial charge in [0.15, 0.2) is 5.82 Å². The highest BCUT2D eigenvalue weighted by molar-refractivity contribution is 5.95. The second kappa shape index (κ2) is 7.17. The second-order valence-corrected chi connectivity index (χ2v) is 4.81. The van der Waals surface area contributed by atoms with Gasteiger partial charge in [-0.2, -0.15) is 5.10 Å². The molecule has 0 spiro atoms. The van der Waals surface area contributed by atoms with Crippen LogP contribution in [-0.2, 0) is 0 Å². The summed E-state index contributed by atoms with van der Waals surface area (Å²) >= 11 is 0. The maximum absolute atomic E-state index is 12.2. The third-order valence-electron chi connectivity index (χ3n) is 3.19. The number of nitrogens with one attached hydrogen (secondary N) is 3. The summed E-state index contributed by atoms with van der Waals surface area (Å²) < 4.78 is 0. The molecule has 23 heavy (non-hydrogen) atoms. The van der Waals surface area contributed by atoms with E-state index < -0.39 is 0 Å². The molecule has 2 heterocycles. The van der Waals surface area contributed by atoms with Gasteiger partial charge in [-0.1, -0.05) is 18.2 Å². The minimum Gasteiger partial charge on any atom is -0.368 e. The van der Waals surface area contributed by atoms with Crippen molar-refractivity contribution in [3.63, 3.8) is 0 Å². The molecule has 0 aliphatic carbocycles. The van der Waals surface area contributed by atoms with Crippen molar-refractivity contribution in [3.05, 3.63) is 60.6 Å². The van der Waals surface area contributed by atoms with Crippen LogP contribution in [0.2, 0.25) is 0 Å². The van der Waals surface area contributed by atoms with Crippen molar-refractivity contribution in [1.29, 1.82) is 0 Å². The number of carbonyl (C=O) groups excluding carboxylic acids is 1. The summed E-state index contributed by atoms with van der Waals surface area (Å²) in [4.78, 5) is 20.4. The number of benzene rings is 1. The van der Waals surface area contributed by atoms with Crippen LogP contribution < -0.4 is 10.6 Å². The van der Waals surface area contributed by atoms with Gasteiger partial charge < -0.3 is 10.6 Å². The minimum atomic E-state index is -0.130. The number of pyridine rings is 1. The third kappa shape index (κ3) is 3.91. The summed E-state index contributed by atoms with van der Waals surface area (Å²) in [5, 5.41) is 12.6. The molecule has 0 aliphatic rings. The molecule has 0 unspecified atom stereocenters. The second-order valence-electron chi connectivity index (χ2n) is 4.81. The van der Waals surface area contributed by atoms with E-state index in [2.05, 4.69) is 30.8 Å². The molecule has 2 aromatic heterocycles. The SMILES string of the molecule is O=C(NCCNc1ccccn1)c1cccc(-c2ncn[nH]2)c1. The van der Waals surface area contributed by atoms with Crippen molar-refractivity contribution in [2.75, 3.05) is 18.4 Å². The van der Waals surface area contributed by atoms with E-state index in [-0.39, 0.29) is 5.91 Å². The van der Waals surface area contributed by atoms with Crippen molar-refractivity contribution in [3.8, 4) is 11.4 Å². The molecule has 0 atom stereocenters. The molecule has 1 amide bonds. The first-order valence-corrected chi connectivity index (χ1v) is 7.22. The largest absolute Gasteiger partial charge is 0.368 e. The van der Waals surface area contributed by atoms with E-state index in [0.29, 0.717) is 24.5 Å². The van der Waals surface area contributed by atoms with Gasteiger partial charge in [0.2, 0.25) is 0 Å². The summed E-state index contributed by atoms with van der Waals surface area (Å²) in [7, 11) is 0. The smallest absolute Gasteiger partial charge is 0.251 e. The molecule has 0 radical (unpaired) electrons. The van der Waals surface area contributed by atoms with Crippen molar-refractivity contribution >= 4 is 11.7 Å². The molecule has 7 heteroatoms. The molecule has 7 nitrogen and oxygen atoms in total. The summed E-state index contributed by atoms with van der Waals surface area (Å²) in [6.07, 6.45) is 3.15. The molecule has 0 bridgehead atoms. The molecule has 0 saturated carbocycles. The van der Waals surface area contributed by atoms with Crippen LogP contribution in [0.4, 0.5) is 5.82 Å². The number of carbonyl (C=O) groups is 1. The molecule has 116 valence electrons. The number of hydrogen-bond donors (Lipinski definition) is 3. The van der Waals surface area contributed by atoms with Crippen molar-refractivity contribution in [1.82, 2.24) is 25.5 Å². The molecule has 1 aromatic carbocycles. The molecule has 3 N–H and O–H groups in total. The van der Waals surface area contributed by atoms with Crippen LogP contribution in [0.3, 0.4) is 0 Å². The van der Waals surface area contributed by atoms with Gasteiger partial charge in [0.05, 0.1) is 0 Å². The number of rotatable bonds is 6. The van der Waals surface area contributed by atoms with Gasteiger partial charge in [-0.05, 0) is 24.3 Å². The van der Waals surface area contributed by atoms with Crippen LogP contribution in [-0.4, -0.2) is 39.2 Å². The Hall–Kier alpha value is -3.22. The first-order valence-electron chi connectivity index (χ1n) is 7.22. The minimum absolute atomic E-state index is 0.130. The zero-order valence-corrected chi connectivity index (χ0v) is 12.4. The topological polar surface area (TPSA) is 95.6 Å². The fraction of sp³-hybridized carbons (Fsp3) is 0.125. The van der Waals surface area contributed by atoms with E-state index in [1.165, 1.54) is 6.33 Å².